The molecule has 0 N–H and O–H groups in total. The summed E-state index contributed by atoms with van der Waals surface area (Å²) in [7, 11) is 1.63. The maximum Gasteiger partial charge on any atom is 0.253 e. The van der Waals surface area contributed by atoms with Crippen molar-refractivity contribution in [3.8, 4) is 5.75 Å². The van der Waals surface area contributed by atoms with Crippen molar-refractivity contribution in [3.05, 3.63) is 65.7 Å². The van der Waals surface area contributed by atoms with E-state index in [1.165, 1.54) is 0 Å². The van der Waals surface area contributed by atoms with E-state index in [1.54, 1.807) is 7.11 Å². The molecule has 2 amide bonds. The molecule has 0 unspecified atom stereocenters. The lowest BCUT2D eigenvalue weighted by molar-refractivity contribution is -0.139. The number of carbonyl (C=O) groups is 2. The zero-order valence-electron chi connectivity index (χ0n) is 16.6. The molecule has 0 aliphatic carbocycles. The van der Waals surface area contributed by atoms with E-state index in [0.717, 1.165) is 11.3 Å². The van der Waals surface area contributed by atoms with E-state index in [2.05, 4.69) is 0 Å². The number of amides is 2. The number of nitrogens with zero attached hydrogens (tertiary/aromatic N) is 2. The number of benzene rings is 2. The van der Waals surface area contributed by atoms with E-state index in [0.29, 0.717) is 45.0 Å². The molecule has 2 saturated heterocycles. The Balaban J connectivity index is 1.61. The van der Waals surface area contributed by atoms with Crippen LogP contribution in [0.1, 0.15) is 21.8 Å². The van der Waals surface area contributed by atoms with Crippen LogP contribution in [0.4, 0.5) is 0 Å². The third kappa shape index (κ3) is 4.12. The standard InChI is InChI=1S/C23H26N2O4/c1-28-19-9-5-8-18(14-19)20-15-25(22(26)17-6-3-2-4-7-17)16-21(20)23(27)24-10-12-29-13-11-24/h2-9,14,20-21H,10-13,15-16H2,1H3/t20-,21+/m1/s1. The van der Waals surface area contributed by atoms with Crippen LogP contribution in [0.15, 0.2) is 54.6 Å². The molecule has 6 nitrogen and oxygen atoms in total. The van der Waals surface area contributed by atoms with Gasteiger partial charge in [-0.3, -0.25) is 9.59 Å². The van der Waals surface area contributed by atoms with Crippen molar-refractivity contribution in [2.45, 2.75) is 5.92 Å². The first kappa shape index (κ1) is 19.5. The van der Waals surface area contributed by atoms with Crippen LogP contribution in [0, 0.1) is 5.92 Å². The van der Waals surface area contributed by atoms with Crippen molar-refractivity contribution in [1.82, 2.24) is 9.80 Å². The zero-order chi connectivity index (χ0) is 20.2. The number of morpholine rings is 1. The number of ether oxygens (including phenoxy) is 2. The monoisotopic (exact) mass is 394 g/mol. The number of hydrogen-bond donors (Lipinski definition) is 0. The summed E-state index contributed by atoms with van der Waals surface area (Å²) in [4.78, 5) is 30.1. The molecule has 0 aromatic heterocycles. The van der Waals surface area contributed by atoms with Crippen molar-refractivity contribution in [1.29, 1.82) is 0 Å². The lowest BCUT2D eigenvalue weighted by atomic mass is 9.87. The van der Waals surface area contributed by atoms with Gasteiger partial charge in [0.25, 0.3) is 5.91 Å². The second kappa shape index (κ2) is 8.66. The van der Waals surface area contributed by atoms with Crippen LogP contribution >= 0.6 is 0 Å². The molecule has 2 fully saturated rings. The van der Waals surface area contributed by atoms with Crippen LogP contribution in [0.25, 0.3) is 0 Å². The Morgan fingerprint density at radius 3 is 2.45 bits per heavy atom. The Morgan fingerprint density at radius 1 is 0.966 bits per heavy atom. The van der Waals surface area contributed by atoms with Crippen LogP contribution in [0.3, 0.4) is 0 Å². The Hall–Kier alpha value is -2.86. The minimum atomic E-state index is -0.270. The molecule has 29 heavy (non-hydrogen) atoms. The molecule has 152 valence electrons. The number of rotatable bonds is 4. The predicted molar refractivity (Wildman–Crippen MR) is 109 cm³/mol. The highest BCUT2D eigenvalue weighted by Gasteiger charge is 2.42. The van der Waals surface area contributed by atoms with Crippen molar-refractivity contribution in [2.75, 3.05) is 46.5 Å². The van der Waals surface area contributed by atoms with E-state index in [4.69, 9.17) is 9.47 Å². The van der Waals surface area contributed by atoms with Crippen molar-refractivity contribution < 1.29 is 19.1 Å². The predicted octanol–water partition coefficient (Wildman–Crippen LogP) is 2.41. The third-order valence-corrected chi connectivity index (χ3v) is 5.79. The molecule has 4 rings (SSSR count). The summed E-state index contributed by atoms with van der Waals surface area (Å²) in [6, 6.07) is 17.1. The van der Waals surface area contributed by atoms with Gasteiger partial charge in [-0.2, -0.15) is 0 Å². The molecule has 0 radical (unpaired) electrons. The Morgan fingerprint density at radius 2 is 1.72 bits per heavy atom. The average Bonchev–Trinajstić information content (AvgIpc) is 3.25. The van der Waals surface area contributed by atoms with Gasteiger partial charge in [-0.05, 0) is 29.8 Å². The zero-order valence-corrected chi connectivity index (χ0v) is 16.6. The van der Waals surface area contributed by atoms with Gasteiger partial charge in [-0.15, -0.1) is 0 Å². The second-order valence-corrected chi connectivity index (χ2v) is 7.50. The lowest BCUT2D eigenvalue weighted by Crippen LogP contribution is -2.45. The quantitative estimate of drug-likeness (QED) is 0.799. The smallest absolute Gasteiger partial charge is 0.253 e. The molecule has 0 spiro atoms. The van der Waals surface area contributed by atoms with Crippen LogP contribution in [0.5, 0.6) is 5.75 Å². The van der Waals surface area contributed by atoms with Crippen molar-refractivity contribution in [2.24, 2.45) is 5.92 Å². The Labute approximate surface area is 171 Å². The summed E-state index contributed by atoms with van der Waals surface area (Å²) >= 11 is 0. The summed E-state index contributed by atoms with van der Waals surface area (Å²) in [5, 5.41) is 0. The molecule has 6 heteroatoms. The van der Waals surface area contributed by atoms with Gasteiger partial charge < -0.3 is 19.3 Å². The summed E-state index contributed by atoms with van der Waals surface area (Å²) in [5.74, 6) is 0.495. The molecule has 2 atom stereocenters. The van der Waals surface area contributed by atoms with Gasteiger partial charge in [0, 0.05) is 37.7 Å². The fourth-order valence-corrected chi connectivity index (χ4v) is 4.21. The minimum Gasteiger partial charge on any atom is -0.497 e. The number of likely N-dealkylation sites (tertiary alicyclic amines) is 1. The van der Waals surface area contributed by atoms with E-state index < -0.39 is 0 Å². The van der Waals surface area contributed by atoms with Gasteiger partial charge >= 0.3 is 0 Å². The maximum absolute atomic E-state index is 13.3. The topological polar surface area (TPSA) is 59.1 Å². The summed E-state index contributed by atoms with van der Waals surface area (Å²) in [5.41, 5.74) is 1.68. The summed E-state index contributed by atoms with van der Waals surface area (Å²) in [6.07, 6.45) is 0. The number of carbonyl (C=O) groups excluding carboxylic acids is 2. The Kier molecular flexibility index (Phi) is 5.81. The third-order valence-electron chi connectivity index (χ3n) is 5.79. The fraction of sp³-hybridized carbons (Fsp3) is 0.391. The molecule has 2 aromatic rings. The minimum absolute atomic E-state index is 0.0317. The molecular formula is C23H26N2O4. The highest BCUT2D eigenvalue weighted by Crippen LogP contribution is 2.36. The van der Waals surface area contributed by atoms with Crippen molar-refractivity contribution in [3.63, 3.8) is 0 Å². The highest BCUT2D eigenvalue weighted by atomic mass is 16.5. The van der Waals surface area contributed by atoms with Gasteiger partial charge in [0.1, 0.15) is 5.75 Å². The van der Waals surface area contributed by atoms with Gasteiger partial charge in [-0.1, -0.05) is 30.3 Å². The first-order valence-electron chi connectivity index (χ1n) is 10.0. The molecule has 2 aromatic carbocycles. The van der Waals surface area contributed by atoms with E-state index in [9.17, 15) is 9.59 Å². The molecule has 0 bridgehead atoms. The first-order chi connectivity index (χ1) is 14.2. The van der Waals surface area contributed by atoms with Gasteiger partial charge in [0.05, 0.1) is 26.2 Å². The summed E-state index contributed by atoms with van der Waals surface area (Å²) in [6.45, 7) is 3.27. The SMILES string of the molecule is COc1cccc([C@H]2CN(C(=O)c3ccccc3)C[C@@H]2C(=O)N2CCOCC2)c1. The normalized spacial score (nSPS) is 21.8. The van der Waals surface area contributed by atoms with Gasteiger partial charge in [0.2, 0.25) is 5.91 Å². The molecule has 2 heterocycles. The molecule has 2 aliphatic heterocycles. The maximum atomic E-state index is 13.3. The van der Waals surface area contributed by atoms with E-state index in [1.807, 2.05) is 64.4 Å². The molecule has 0 saturated carbocycles. The van der Waals surface area contributed by atoms with Gasteiger partial charge in [0.15, 0.2) is 0 Å². The largest absolute Gasteiger partial charge is 0.497 e. The van der Waals surface area contributed by atoms with Crippen molar-refractivity contribution >= 4 is 11.8 Å². The highest BCUT2D eigenvalue weighted by molar-refractivity contribution is 5.95. The van der Waals surface area contributed by atoms with E-state index in [-0.39, 0.29) is 23.7 Å². The van der Waals surface area contributed by atoms with Crippen LogP contribution in [-0.4, -0.2) is 68.1 Å². The average molecular weight is 394 g/mol. The fourth-order valence-electron chi connectivity index (χ4n) is 4.21. The molecule has 2 aliphatic rings. The lowest BCUT2D eigenvalue weighted by Gasteiger charge is -2.30. The van der Waals surface area contributed by atoms with Crippen LogP contribution in [-0.2, 0) is 9.53 Å². The Bertz CT molecular complexity index is 864. The molecular weight excluding hydrogens is 368 g/mol. The van der Waals surface area contributed by atoms with Crippen LogP contribution in [0.2, 0.25) is 0 Å². The van der Waals surface area contributed by atoms with Gasteiger partial charge in [-0.25, -0.2) is 0 Å². The first-order valence-corrected chi connectivity index (χ1v) is 10.0. The second-order valence-electron chi connectivity index (χ2n) is 7.50. The number of methoxy groups -OCH3 is 1. The number of hydrogen-bond acceptors (Lipinski definition) is 4. The van der Waals surface area contributed by atoms with Crippen LogP contribution < -0.4 is 4.74 Å². The van der Waals surface area contributed by atoms with E-state index >= 15 is 0 Å². The summed E-state index contributed by atoms with van der Waals surface area (Å²) < 4.78 is 10.8.